The van der Waals surface area contributed by atoms with Gasteiger partial charge in [0.2, 0.25) is 5.78 Å². The molecule has 7 nitrogen and oxygen atoms in total. The molecule has 5 rings (SSSR count). The van der Waals surface area contributed by atoms with Gasteiger partial charge in [0.05, 0.1) is 24.2 Å². The lowest BCUT2D eigenvalue weighted by Crippen LogP contribution is -3.10. The number of rotatable bonds is 5. The van der Waals surface area contributed by atoms with Crippen molar-refractivity contribution in [2.45, 2.75) is 10.9 Å². The number of Topliss-reactive ketones (excluding diaryl/α,β-unsaturated/α-hetero) is 2. The largest absolute Gasteiger partial charge is 0.307 e. The van der Waals surface area contributed by atoms with E-state index in [4.69, 9.17) is 0 Å². The lowest BCUT2D eigenvalue weighted by atomic mass is 9.83. The molecule has 0 amide bonds. The predicted molar refractivity (Wildman–Crippen MR) is 145 cm³/mol. The minimum absolute atomic E-state index is 0.0404. The molecule has 1 fully saturated rings. The summed E-state index contributed by atoms with van der Waals surface area (Å²) < 4.78 is 31.1. The number of nitrogens with zero attached hydrogens (tertiary/aromatic N) is 2. The number of carbonyl (C=O) groups is 2. The van der Waals surface area contributed by atoms with Crippen LogP contribution < -0.4 is 4.90 Å². The standard InChI is InChI=1S/C28H24BrN3O4S/c29-21-10-12-22(13-11-21)37(35,36)30-25-26(28(34)24-9-5-4-8-23(24)27(25)33)32-18-16-31(17-19-32)15-14-20-6-2-1-3-7-20/h1-15,26H,16-19H2/p+1/b15-14+,30-25?/t26-/m1/s1. The molecule has 1 aliphatic carbocycles. The highest BCUT2D eigenvalue weighted by Crippen LogP contribution is 2.26. The van der Waals surface area contributed by atoms with Crippen LogP contribution in [0.1, 0.15) is 26.3 Å². The molecule has 0 bridgehead atoms. The fourth-order valence-electron chi connectivity index (χ4n) is 4.66. The Bertz CT molecular complexity index is 1490. The van der Waals surface area contributed by atoms with Crippen molar-refractivity contribution in [2.75, 3.05) is 26.2 Å². The first kappa shape index (κ1) is 25.4. The average Bonchev–Trinajstić information content (AvgIpc) is 2.92. The number of nitrogens with one attached hydrogen (secondary N) is 1. The van der Waals surface area contributed by atoms with E-state index in [-0.39, 0.29) is 22.0 Å². The van der Waals surface area contributed by atoms with E-state index in [9.17, 15) is 18.0 Å². The summed E-state index contributed by atoms with van der Waals surface area (Å²) in [4.78, 5) is 30.2. The molecule has 1 saturated heterocycles. The van der Waals surface area contributed by atoms with E-state index in [0.29, 0.717) is 31.7 Å². The molecule has 3 aromatic carbocycles. The highest BCUT2D eigenvalue weighted by Gasteiger charge is 2.44. The van der Waals surface area contributed by atoms with Gasteiger partial charge in [0.1, 0.15) is 11.8 Å². The number of quaternary nitrogens is 1. The first-order valence-corrected chi connectivity index (χ1v) is 14.2. The van der Waals surface area contributed by atoms with Gasteiger partial charge in [-0.25, -0.2) is 0 Å². The molecule has 2 aliphatic rings. The van der Waals surface area contributed by atoms with Gasteiger partial charge in [-0.2, -0.15) is 12.8 Å². The molecule has 0 saturated carbocycles. The molecular formula is C28H25BrN3O4S+. The summed E-state index contributed by atoms with van der Waals surface area (Å²) in [7, 11) is -4.21. The van der Waals surface area contributed by atoms with Crippen LogP contribution >= 0.6 is 15.9 Å². The number of hydrogen-bond acceptors (Lipinski definition) is 5. The van der Waals surface area contributed by atoms with Gasteiger partial charge < -0.3 is 4.90 Å². The smallest absolute Gasteiger partial charge is 0.282 e. The van der Waals surface area contributed by atoms with Crippen molar-refractivity contribution in [1.82, 2.24) is 4.90 Å². The molecule has 1 atom stereocenters. The first-order chi connectivity index (χ1) is 17.8. The number of sulfonamides is 1. The number of carbonyl (C=O) groups excluding carboxylic acids is 2. The number of benzene rings is 3. The molecule has 1 aliphatic heterocycles. The van der Waals surface area contributed by atoms with Crippen LogP contribution in [0.4, 0.5) is 0 Å². The number of halogens is 1. The van der Waals surface area contributed by atoms with E-state index in [2.05, 4.69) is 32.6 Å². The Labute approximate surface area is 224 Å². The van der Waals surface area contributed by atoms with Crippen LogP contribution in [0, 0.1) is 0 Å². The van der Waals surface area contributed by atoms with Gasteiger partial charge >= 0.3 is 0 Å². The van der Waals surface area contributed by atoms with Gasteiger partial charge in [0.15, 0.2) is 5.78 Å². The van der Waals surface area contributed by atoms with E-state index < -0.39 is 21.8 Å². The maximum atomic E-state index is 13.6. The molecule has 3 aromatic rings. The highest BCUT2D eigenvalue weighted by molar-refractivity contribution is 9.10. The second-order valence-electron chi connectivity index (χ2n) is 8.99. The zero-order valence-electron chi connectivity index (χ0n) is 19.9. The third-order valence-electron chi connectivity index (χ3n) is 6.62. The van der Waals surface area contributed by atoms with E-state index in [1.807, 2.05) is 35.2 Å². The number of piperazine rings is 1. The highest BCUT2D eigenvalue weighted by atomic mass is 79.9. The summed E-state index contributed by atoms with van der Waals surface area (Å²) in [5, 5.41) is 0. The summed E-state index contributed by atoms with van der Waals surface area (Å²) in [5.41, 5.74) is 1.35. The second kappa shape index (κ2) is 10.6. The van der Waals surface area contributed by atoms with Crippen molar-refractivity contribution in [3.8, 4) is 0 Å². The van der Waals surface area contributed by atoms with Crippen LogP contribution in [0.15, 0.2) is 98.8 Å². The van der Waals surface area contributed by atoms with Crippen molar-refractivity contribution >= 4 is 49.3 Å². The molecule has 1 heterocycles. The van der Waals surface area contributed by atoms with Crippen molar-refractivity contribution < 1.29 is 22.9 Å². The minimum atomic E-state index is -4.21. The SMILES string of the molecule is O=C1C(=NS(=O)(=O)c2ccc(Br)cc2)[C@@H](N2CC[NH+](/C=C/c3ccccc3)CC2)C(=O)c2ccccc21. The summed E-state index contributed by atoms with van der Waals surface area (Å²) in [6.45, 7) is 2.43. The lowest BCUT2D eigenvalue weighted by Gasteiger charge is -2.37. The van der Waals surface area contributed by atoms with E-state index in [0.717, 1.165) is 10.0 Å². The third-order valence-corrected chi connectivity index (χ3v) is 8.46. The molecular weight excluding hydrogens is 554 g/mol. The quantitative estimate of drug-likeness (QED) is 0.503. The Morgan fingerprint density at radius 2 is 1.49 bits per heavy atom. The lowest BCUT2D eigenvalue weighted by molar-refractivity contribution is -0.851. The maximum Gasteiger partial charge on any atom is 0.282 e. The number of hydrogen-bond donors (Lipinski definition) is 1. The summed E-state index contributed by atoms with van der Waals surface area (Å²) >= 11 is 3.29. The van der Waals surface area contributed by atoms with Gasteiger partial charge in [-0.1, -0.05) is 70.5 Å². The monoisotopic (exact) mass is 578 g/mol. The Balaban J connectivity index is 1.45. The molecule has 0 spiro atoms. The minimum Gasteiger partial charge on any atom is -0.307 e. The van der Waals surface area contributed by atoms with Gasteiger partial charge in [0.25, 0.3) is 10.0 Å². The predicted octanol–water partition coefficient (Wildman–Crippen LogP) is 2.90. The molecule has 0 radical (unpaired) electrons. The van der Waals surface area contributed by atoms with Crippen LogP contribution in [-0.2, 0) is 10.0 Å². The fourth-order valence-corrected chi connectivity index (χ4v) is 5.95. The van der Waals surface area contributed by atoms with Crippen LogP contribution in [0.2, 0.25) is 0 Å². The van der Waals surface area contributed by atoms with Crippen molar-refractivity contribution in [3.05, 3.63) is 106 Å². The first-order valence-electron chi connectivity index (χ1n) is 11.9. The Morgan fingerprint density at radius 3 is 2.16 bits per heavy atom. The van der Waals surface area contributed by atoms with Crippen molar-refractivity contribution in [3.63, 3.8) is 0 Å². The van der Waals surface area contributed by atoms with Crippen LogP contribution in [-0.4, -0.2) is 62.8 Å². The molecule has 188 valence electrons. The fraction of sp³-hybridized carbons (Fsp3) is 0.179. The van der Waals surface area contributed by atoms with E-state index >= 15 is 0 Å². The Morgan fingerprint density at radius 1 is 0.865 bits per heavy atom. The van der Waals surface area contributed by atoms with Crippen LogP contribution in [0.3, 0.4) is 0 Å². The summed E-state index contributed by atoms with van der Waals surface area (Å²) in [5.74, 6) is -0.831. The van der Waals surface area contributed by atoms with Crippen molar-refractivity contribution in [1.29, 1.82) is 0 Å². The maximum absolute atomic E-state index is 13.6. The molecule has 37 heavy (non-hydrogen) atoms. The van der Waals surface area contributed by atoms with Crippen LogP contribution in [0.25, 0.3) is 6.08 Å². The second-order valence-corrected chi connectivity index (χ2v) is 11.5. The number of fused-ring (bicyclic) bond motifs is 1. The molecule has 0 aromatic heterocycles. The summed E-state index contributed by atoms with van der Waals surface area (Å²) in [6.07, 6.45) is 4.16. The van der Waals surface area contributed by atoms with Gasteiger partial charge in [-0.3, -0.25) is 14.5 Å². The van der Waals surface area contributed by atoms with Gasteiger partial charge in [0, 0.05) is 28.7 Å². The van der Waals surface area contributed by atoms with Gasteiger partial charge in [-0.05, 0) is 35.9 Å². The Hall–Kier alpha value is -3.24. The van der Waals surface area contributed by atoms with Crippen molar-refractivity contribution in [2.24, 2.45) is 4.40 Å². The topological polar surface area (TPSA) is 88.3 Å². The van der Waals surface area contributed by atoms with Gasteiger partial charge in [-0.15, -0.1) is 0 Å². The van der Waals surface area contributed by atoms with Crippen LogP contribution in [0.5, 0.6) is 0 Å². The van der Waals surface area contributed by atoms with E-state index in [1.54, 1.807) is 36.4 Å². The number of ketones is 2. The molecule has 9 heteroatoms. The third kappa shape index (κ3) is 5.40. The zero-order valence-corrected chi connectivity index (χ0v) is 22.3. The molecule has 0 unspecified atom stereocenters. The van der Waals surface area contributed by atoms with E-state index in [1.165, 1.54) is 17.0 Å². The molecule has 1 N–H and O–H groups in total. The normalized spacial score (nSPS) is 20.5. The average molecular weight is 579 g/mol. The zero-order chi connectivity index (χ0) is 26.0. The Kier molecular flexibility index (Phi) is 7.30. The summed E-state index contributed by atoms with van der Waals surface area (Å²) in [6, 6.07) is 21.5.